The van der Waals surface area contributed by atoms with Crippen LogP contribution in [0, 0.1) is 12.7 Å². The Morgan fingerprint density at radius 3 is 2.00 bits per heavy atom. The molecule has 4 aromatic rings. The highest BCUT2D eigenvalue weighted by Gasteiger charge is 2.35. The second-order valence-corrected chi connectivity index (χ2v) is 14.1. The Kier molecular flexibility index (Phi) is 11.9. The zero-order valence-electron chi connectivity index (χ0n) is 27.7. The van der Waals surface area contributed by atoms with Gasteiger partial charge in [0.2, 0.25) is 11.8 Å². The summed E-state index contributed by atoms with van der Waals surface area (Å²) in [5.41, 5.74) is 3.68. The van der Waals surface area contributed by atoms with Gasteiger partial charge in [0.05, 0.1) is 10.6 Å². The average molecular weight is 658 g/mol. The standard InChI is InChI=1S/C38H44FN3O4S/c1-6-29(5)40-38(44)36(24-30-10-8-7-9-11-30)41(25-31-14-18-33(39)19-15-31)37(43)26-42(34-20-16-32(17-21-34)27(2)3)47(45,46)35-22-12-28(4)13-23-35/h7-23,27,29,36H,6,24-26H2,1-5H3,(H,40,44)/t29-,36-/m1/s1. The molecule has 0 saturated heterocycles. The lowest BCUT2D eigenvalue weighted by molar-refractivity contribution is -0.140. The molecular weight excluding hydrogens is 614 g/mol. The molecule has 0 radical (unpaired) electrons. The third-order valence-corrected chi connectivity index (χ3v) is 10.1. The van der Waals surface area contributed by atoms with E-state index in [0.717, 1.165) is 21.0 Å². The van der Waals surface area contributed by atoms with E-state index in [1.54, 1.807) is 36.4 Å². The van der Waals surface area contributed by atoms with Gasteiger partial charge in [-0.1, -0.05) is 93.1 Å². The highest BCUT2D eigenvalue weighted by Crippen LogP contribution is 2.27. The van der Waals surface area contributed by atoms with Crippen molar-refractivity contribution in [2.75, 3.05) is 10.8 Å². The molecule has 0 bridgehead atoms. The number of sulfonamides is 1. The Morgan fingerprint density at radius 2 is 1.43 bits per heavy atom. The summed E-state index contributed by atoms with van der Waals surface area (Å²) in [7, 11) is -4.20. The number of carbonyl (C=O) groups excluding carboxylic acids is 2. The van der Waals surface area contributed by atoms with E-state index in [1.807, 2.05) is 77.1 Å². The molecule has 7 nitrogen and oxygen atoms in total. The second-order valence-electron chi connectivity index (χ2n) is 12.2. The molecule has 1 N–H and O–H groups in total. The normalized spacial score (nSPS) is 12.7. The number of halogens is 1. The fourth-order valence-corrected chi connectivity index (χ4v) is 6.59. The summed E-state index contributed by atoms with van der Waals surface area (Å²) < 4.78 is 43.4. The minimum Gasteiger partial charge on any atom is -0.352 e. The second kappa shape index (κ2) is 15.9. The zero-order valence-corrected chi connectivity index (χ0v) is 28.5. The predicted octanol–water partition coefficient (Wildman–Crippen LogP) is 7.01. The Labute approximate surface area is 278 Å². The van der Waals surface area contributed by atoms with Crippen LogP contribution in [0.25, 0.3) is 0 Å². The number of hydrogen-bond acceptors (Lipinski definition) is 4. The first-order chi connectivity index (χ1) is 22.4. The first-order valence-corrected chi connectivity index (χ1v) is 17.4. The number of nitrogens with one attached hydrogen (secondary N) is 1. The summed E-state index contributed by atoms with van der Waals surface area (Å²) in [6, 6.07) is 27.6. The van der Waals surface area contributed by atoms with Crippen LogP contribution in [0.5, 0.6) is 0 Å². The van der Waals surface area contributed by atoms with Crippen LogP contribution in [-0.4, -0.2) is 43.8 Å². The molecule has 0 spiro atoms. The quantitative estimate of drug-likeness (QED) is 0.158. The number of nitrogens with zero attached hydrogens (tertiary/aromatic N) is 2. The van der Waals surface area contributed by atoms with Crippen LogP contribution in [0.1, 0.15) is 62.3 Å². The maximum atomic E-state index is 14.6. The molecule has 248 valence electrons. The van der Waals surface area contributed by atoms with Crippen molar-refractivity contribution in [1.82, 2.24) is 10.2 Å². The summed E-state index contributed by atoms with van der Waals surface area (Å²) in [5.74, 6) is -1.13. The topological polar surface area (TPSA) is 86.8 Å². The van der Waals surface area contributed by atoms with Gasteiger partial charge in [0.15, 0.2) is 0 Å². The van der Waals surface area contributed by atoms with Crippen molar-refractivity contribution in [1.29, 1.82) is 0 Å². The smallest absolute Gasteiger partial charge is 0.264 e. The lowest BCUT2D eigenvalue weighted by Crippen LogP contribution is -2.54. The molecule has 0 aromatic heterocycles. The number of hydrogen-bond donors (Lipinski definition) is 1. The average Bonchev–Trinajstić information content (AvgIpc) is 3.06. The number of amides is 2. The third kappa shape index (κ3) is 9.29. The van der Waals surface area contributed by atoms with Gasteiger partial charge < -0.3 is 10.2 Å². The lowest BCUT2D eigenvalue weighted by atomic mass is 10.0. The Balaban J connectivity index is 1.81. The molecule has 0 aliphatic rings. The van der Waals surface area contributed by atoms with E-state index in [1.165, 1.54) is 29.2 Å². The molecule has 0 unspecified atom stereocenters. The van der Waals surface area contributed by atoms with Gasteiger partial charge in [-0.05, 0) is 79.3 Å². The number of carbonyl (C=O) groups is 2. The van der Waals surface area contributed by atoms with Crippen LogP contribution < -0.4 is 9.62 Å². The Hall–Kier alpha value is -4.50. The highest BCUT2D eigenvalue weighted by molar-refractivity contribution is 7.92. The SMILES string of the molecule is CC[C@@H](C)NC(=O)[C@@H](Cc1ccccc1)N(Cc1ccc(F)cc1)C(=O)CN(c1ccc(C(C)C)cc1)S(=O)(=O)c1ccc(C)cc1. The predicted molar refractivity (Wildman–Crippen MR) is 185 cm³/mol. The van der Waals surface area contributed by atoms with Crippen LogP contribution >= 0.6 is 0 Å². The van der Waals surface area contributed by atoms with Gasteiger partial charge in [-0.2, -0.15) is 0 Å². The van der Waals surface area contributed by atoms with Crippen LogP contribution in [0.4, 0.5) is 10.1 Å². The van der Waals surface area contributed by atoms with Crippen LogP contribution in [0.2, 0.25) is 0 Å². The van der Waals surface area contributed by atoms with Crippen molar-refractivity contribution in [3.63, 3.8) is 0 Å². The molecular formula is C38H44FN3O4S. The molecule has 0 saturated carbocycles. The molecule has 47 heavy (non-hydrogen) atoms. The summed E-state index contributed by atoms with van der Waals surface area (Å²) in [6.07, 6.45) is 0.883. The zero-order chi connectivity index (χ0) is 34.1. The molecule has 2 atom stereocenters. The van der Waals surface area contributed by atoms with E-state index in [9.17, 15) is 22.4 Å². The van der Waals surface area contributed by atoms with Gasteiger partial charge in [-0.3, -0.25) is 13.9 Å². The van der Waals surface area contributed by atoms with Gasteiger partial charge >= 0.3 is 0 Å². The van der Waals surface area contributed by atoms with E-state index in [0.29, 0.717) is 17.7 Å². The van der Waals surface area contributed by atoms with Gasteiger partial charge in [-0.25, -0.2) is 12.8 Å². The summed E-state index contributed by atoms with van der Waals surface area (Å²) in [6.45, 7) is 9.22. The number of anilines is 1. The van der Waals surface area contributed by atoms with Gasteiger partial charge in [0.25, 0.3) is 10.0 Å². The van der Waals surface area contributed by atoms with Crippen molar-refractivity contribution >= 4 is 27.5 Å². The van der Waals surface area contributed by atoms with Crippen LogP contribution in [0.15, 0.2) is 108 Å². The van der Waals surface area contributed by atoms with Crippen molar-refractivity contribution in [3.8, 4) is 0 Å². The van der Waals surface area contributed by atoms with Crippen molar-refractivity contribution < 1.29 is 22.4 Å². The molecule has 0 aliphatic heterocycles. The minimum absolute atomic E-state index is 0.0325. The maximum Gasteiger partial charge on any atom is 0.264 e. The maximum absolute atomic E-state index is 14.6. The van der Waals surface area contributed by atoms with Crippen LogP contribution in [-0.2, 0) is 32.6 Å². The fourth-order valence-electron chi connectivity index (χ4n) is 5.17. The van der Waals surface area contributed by atoms with E-state index in [4.69, 9.17) is 0 Å². The van der Waals surface area contributed by atoms with E-state index in [2.05, 4.69) is 5.32 Å². The third-order valence-electron chi connectivity index (χ3n) is 8.27. The van der Waals surface area contributed by atoms with E-state index >= 15 is 0 Å². The van der Waals surface area contributed by atoms with E-state index < -0.39 is 34.3 Å². The first-order valence-electron chi connectivity index (χ1n) is 16.0. The monoisotopic (exact) mass is 657 g/mol. The molecule has 0 heterocycles. The Morgan fingerprint density at radius 1 is 0.809 bits per heavy atom. The van der Waals surface area contributed by atoms with Crippen molar-refractivity contribution in [3.05, 3.63) is 131 Å². The summed E-state index contributed by atoms with van der Waals surface area (Å²) in [5, 5.41) is 3.02. The molecule has 9 heteroatoms. The minimum atomic E-state index is -4.20. The molecule has 0 aliphatic carbocycles. The fraction of sp³-hybridized carbons (Fsp3) is 0.316. The molecule has 0 fully saturated rings. The van der Waals surface area contributed by atoms with Crippen molar-refractivity contribution in [2.24, 2.45) is 0 Å². The highest BCUT2D eigenvalue weighted by atomic mass is 32.2. The molecule has 4 rings (SSSR count). The largest absolute Gasteiger partial charge is 0.352 e. The van der Waals surface area contributed by atoms with E-state index in [-0.39, 0.29) is 35.7 Å². The molecule has 2 amide bonds. The van der Waals surface area contributed by atoms with Gasteiger partial charge in [0, 0.05) is 19.0 Å². The number of aryl methyl sites for hydroxylation is 1. The van der Waals surface area contributed by atoms with Crippen LogP contribution in [0.3, 0.4) is 0 Å². The molecule has 4 aromatic carbocycles. The summed E-state index contributed by atoms with van der Waals surface area (Å²) in [4.78, 5) is 29.9. The first kappa shape index (κ1) is 35.4. The number of benzene rings is 4. The summed E-state index contributed by atoms with van der Waals surface area (Å²) >= 11 is 0. The van der Waals surface area contributed by atoms with Gasteiger partial charge in [-0.15, -0.1) is 0 Å². The lowest BCUT2D eigenvalue weighted by Gasteiger charge is -2.34. The van der Waals surface area contributed by atoms with Crippen molar-refractivity contribution in [2.45, 2.75) is 76.9 Å². The Bertz CT molecular complexity index is 1730. The van der Waals surface area contributed by atoms with Gasteiger partial charge in [0.1, 0.15) is 18.4 Å². The number of rotatable bonds is 14.